The second kappa shape index (κ2) is 12.8. The van der Waals surface area contributed by atoms with E-state index in [0.29, 0.717) is 13.0 Å². The summed E-state index contributed by atoms with van der Waals surface area (Å²) in [5, 5.41) is 2.78. The summed E-state index contributed by atoms with van der Waals surface area (Å²) in [6.45, 7) is 3.29. The number of benzene rings is 3. The van der Waals surface area contributed by atoms with Crippen molar-refractivity contribution < 1.29 is 22.4 Å². The van der Waals surface area contributed by atoms with Gasteiger partial charge in [0, 0.05) is 17.6 Å². The summed E-state index contributed by atoms with van der Waals surface area (Å²) in [7, 11) is -4.31. The molecule has 37 heavy (non-hydrogen) atoms. The van der Waals surface area contributed by atoms with Gasteiger partial charge in [0.1, 0.15) is 18.4 Å². The molecule has 196 valence electrons. The summed E-state index contributed by atoms with van der Waals surface area (Å²) in [6.07, 6.45) is 0.717. The summed E-state index contributed by atoms with van der Waals surface area (Å²) in [5.74, 6) is -1.81. The van der Waals surface area contributed by atoms with Crippen LogP contribution in [0.5, 0.6) is 0 Å². The molecular formula is C27H29BrFN3O4S. The fraction of sp³-hybridized carbons (Fsp3) is 0.259. The lowest BCUT2D eigenvalue weighted by Crippen LogP contribution is -2.51. The van der Waals surface area contributed by atoms with Gasteiger partial charge in [0.05, 0.1) is 10.6 Å². The number of halogens is 2. The first-order chi connectivity index (χ1) is 17.6. The summed E-state index contributed by atoms with van der Waals surface area (Å²) in [5.41, 5.74) is 0.478. The van der Waals surface area contributed by atoms with Crippen LogP contribution in [0.1, 0.15) is 25.8 Å². The van der Waals surface area contributed by atoms with E-state index in [4.69, 9.17) is 0 Å². The molecule has 1 unspecified atom stereocenters. The van der Waals surface area contributed by atoms with Gasteiger partial charge in [-0.25, -0.2) is 12.8 Å². The van der Waals surface area contributed by atoms with Gasteiger partial charge in [-0.15, -0.1) is 0 Å². The number of nitrogens with one attached hydrogen (secondary N) is 1. The molecule has 1 N–H and O–H groups in total. The zero-order chi connectivity index (χ0) is 27.0. The van der Waals surface area contributed by atoms with Crippen molar-refractivity contribution in [3.05, 3.63) is 94.7 Å². The summed E-state index contributed by atoms with van der Waals surface area (Å²) in [6, 6.07) is 19.2. The maximum absolute atomic E-state index is 14.9. The minimum atomic E-state index is -4.31. The Bertz CT molecular complexity index is 1340. The Balaban J connectivity index is 2.02. The molecule has 3 aromatic carbocycles. The van der Waals surface area contributed by atoms with E-state index in [9.17, 15) is 22.4 Å². The molecule has 7 nitrogen and oxygen atoms in total. The number of sulfonamides is 1. The molecule has 0 fully saturated rings. The number of hydrogen-bond donors (Lipinski definition) is 1. The number of carbonyl (C=O) groups excluding carboxylic acids is 2. The molecule has 0 saturated heterocycles. The zero-order valence-electron chi connectivity index (χ0n) is 20.6. The Labute approximate surface area is 225 Å². The van der Waals surface area contributed by atoms with Crippen LogP contribution in [0.4, 0.5) is 10.1 Å². The molecule has 0 bridgehead atoms. The first-order valence-electron chi connectivity index (χ1n) is 11.8. The molecule has 0 saturated carbocycles. The van der Waals surface area contributed by atoms with Crippen LogP contribution in [0.3, 0.4) is 0 Å². The first kappa shape index (κ1) is 28.3. The second-order valence-electron chi connectivity index (χ2n) is 8.39. The number of nitrogens with zero attached hydrogens (tertiary/aromatic N) is 2. The van der Waals surface area contributed by atoms with Crippen LogP contribution < -0.4 is 9.62 Å². The third-order valence-corrected chi connectivity index (χ3v) is 7.96. The third-order valence-electron chi connectivity index (χ3n) is 5.69. The summed E-state index contributed by atoms with van der Waals surface area (Å²) in [4.78, 5) is 27.8. The lowest BCUT2D eigenvalue weighted by Gasteiger charge is -2.32. The molecule has 3 rings (SSSR count). The van der Waals surface area contributed by atoms with Crippen LogP contribution in [-0.4, -0.2) is 44.3 Å². The normalized spacial score (nSPS) is 12.0. The Morgan fingerprint density at radius 1 is 1.00 bits per heavy atom. The molecule has 0 aliphatic heterocycles. The molecule has 0 aromatic heterocycles. The largest absolute Gasteiger partial charge is 0.354 e. The highest BCUT2D eigenvalue weighted by molar-refractivity contribution is 9.10. The Morgan fingerprint density at radius 2 is 1.68 bits per heavy atom. The van der Waals surface area contributed by atoms with E-state index in [-0.39, 0.29) is 23.0 Å². The van der Waals surface area contributed by atoms with Gasteiger partial charge in [0.25, 0.3) is 10.0 Å². The van der Waals surface area contributed by atoms with E-state index in [1.165, 1.54) is 35.2 Å². The fourth-order valence-electron chi connectivity index (χ4n) is 3.70. The second-order valence-corrected chi connectivity index (χ2v) is 11.2. The fourth-order valence-corrected chi connectivity index (χ4v) is 5.59. The molecular weight excluding hydrogens is 561 g/mol. The highest BCUT2D eigenvalue weighted by atomic mass is 79.9. The van der Waals surface area contributed by atoms with Gasteiger partial charge >= 0.3 is 0 Å². The van der Waals surface area contributed by atoms with Crippen LogP contribution in [0.15, 0.2) is 88.2 Å². The molecule has 3 aromatic rings. The SMILES string of the molecule is CCCNC(=O)C(C)N(Cc1cccc(Br)c1)C(=O)CN(c1ccccc1F)S(=O)(=O)c1ccccc1. The number of anilines is 1. The van der Waals surface area contributed by atoms with Gasteiger partial charge in [0.15, 0.2) is 0 Å². The van der Waals surface area contributed by atoms with Gasteiger partial charge in [-0.2, -0.15) is 0 Å². The van der Waals surface area contributed by atoms with Gasteiger partial charge in [-0.1, -0.05) is 65.3 Å². The van der Waals surface area contributed by atoms with Crippen molar-refractivity contribution in [2.75, 3.05) is 17.4 Å². The predicted molar refractivity (Wildman–Crippen MR) is 145 cm³/mol. The topological polar surface area (TPSA) is 86.8 Å². The maximum Gasteiger partial charge on any atom is 0.264 e. The van der Waals surface area contributed by atoms with Crippen molar-refractivity contribution >= 4 is 43.5 Å². The molecule has 0 aliphatic rings. The van der Waals surface area contributed by atoms with E-state index < -0.39 is 34.3 Å². The van der Waals surface area contributed by atoms with Crippen LogP contribution in [0, 0.1) is 5.82 Å². The van der Waals surface area contributed by atoms with Gasteiger partial charge in [-0.3, -0.25) is 13.9 Å². The van der Waals surface area contributed by atoms with E-state index in [0.717, 1.165) is 20.4 Å². The van der Waals surface area contributed by atoms with Crippen molar-refractivity contribution in [1.82, 2.24) is 10.2 Å². The lowest BCUT2D eigenvalue weighted by atomic mass is 10.1. The van der Waals surface area contributed by atoms with E-state index in [1.54, 1.807) is 37.3 Å². The van der Waals surface area contributed by atoms with Crippen LogP contribution in [0.25, 0.3) is 0 Å². The first-order valence-corrected chi connectivity index (χ1v) is 14.0. The third kappa shape index (κ3) is 7.17. The molecule has 2 amide bonds. The Hall–Kier alpha value is -3.24. The summed E-state index contributed by atoms with van der Waals surface area (Å²) >= 11 is 3.41. The molecule has 0 aliphatic carbocycles. The Kier molecular flexibility index (Phi) is 9.82. The number of amides is 2. The average molecular weight is 591 g/mol. The molecule has 0 heterocycles. The van der Waals surface area contributed by atoms with Gasteiger partial charge in [0.2, 0.25) is 11.8 Å². The van der Waals surface area contributed by atoms with Crippen LogP contribution in [0.2, 0.25) is 0 Å². The van der Waals surface area contributed by atoms with E-state index in [2.05, 4.69) is 21.2 Å². The van der Waals surface area contributed by atoms with Crippen molar-refractivity contribution in [2.45, 2.75) is 37.8 Å². The quantitative estimate of drug-likeness (QED) is 0.350. The molecule has 10 heteroatoms. The maximum atomic E-state index is 14.9. The van der Waals surface area contributed by atoms with Crippen molar-refractivity contribution in [3.8, 4) is 0 Å². The number of carbonyl (C=O) groups is 2. The number of hydrogen-bond acceptors (Lipinski definition) is 4. The average Bonchev–Trinajstić information content (AvgIpc) is 2.89. The smallest absolute Gasteiger partial charge is 0.264 e. The standard InChI is InChI=1S/C27H29BrFN3O4S/c1-3-16-30-27(34)20(2)31(18-21-10-9-11-22(28)17-21)26(33)19-32(25-15-8-7-14-24(25)29)37(35,36)23-12-5-4-6-13-23/h4-15,17,20H,3,16,18-19H2,1-2H3,(H,30,34). The lowest BCUT2D eigenvalue weighted by molar-refractivity contribution is -0.139. The van der Waals surface area contributed by atoms with Crippen molar-refractivity contribution in [2.24, 2.45) is 0 Å². The van der Waals surface area contributed by atoms with Crippen LogP contribution >= 0.6 is 15.9 Å². The highest BCUT2D eigenvalue weighted by Gasteiger charge is 2.33. The van der Waals surface area contributed by atoms with Gasteiger partial charge in [-0.05, 0) is 55.3 Å². The minimum Gasteiger partial charge on any atom is -0.354 e. The number of para-hydroxylation sites is 1. The monoisotopic (exact) mass is 589 g/mol. The van der Waals surface area contributed by atoms with E-state index >= 15 is 0 Å². The van der Waals surface area contributed by atoms with Crippen molar-refractivity contribution in [1.29, 1.82) is 0 Å². The molecule has 0 spiro atoms. The number of rotatable bonds is 11. The predicted octanol–water partition coefficient (Wildman–Crippen LogP) is 4.73. The van der Waals surface area contributed by atoms with Crippen molar-refractivity contribution in [3.63, 3.8) is 0 Å². The van der Waals surface area contributed by atoms with Gasteiger partial charge < -0.3 is 10.2 Å². The van der Waals surface area contributed by atoms with Crippen LogP contribution in [-0.2, 0) is 26.2 Å². The zero-order valence-corrected chi connectivity index (χ0v) is 23.0. The molecule has 0 radical (unpaired) electrons. The summed E-state index contributed by atoms with van der Waals surface area (Å²) < 4.78 is 43.6. The van der Waals surface area contributed by atoms with E-state index in [1.807, 2.05) is 19.1 Å². The molecule has 1 atom stereocenters. The minimum absolute atomic E-state index is 0.0511. The highest BCUT2D eigenvalue weighted by Crippen LogP contribution is 2.27. The Morgan fingerprint density at radius 3 is 2.32 bits per heavy atom.